The third kappa shape index (κ3) is 4.52. The second-order valence-electron chi connectivity index (χ2n) is 7.05. The van der Waals surface area contributed by atoms with Crippen LogP contribution in [0.3, 0.4) is 0 Å². The molecule has 2 aromatic carbocycles. The lowest BCUT2D eigenvalue weighted by molar-refractivity contribution is 0.0523. The molecule has 0 saturated heterocycles. The Morgan fingerprint density at radius 3 is 2.41 bits per heavy atom. The summed E-state index contributed by atoms with van der Waals surface area (Å²) in [4.78, 5) is 14.9. The highest BCUT2D eigenvalue weighted by molar-refractivity contribution is 7.90. The van der Waals surface area contributed by atoms with Gasteiger partial charge in [-0.2, -0.15) is 0 Å². The lowest BCUT2D eigenvalue weighted by Gasteiger charge is -2.24. The van der Waals surface area contributed by atoms with Gasteiger partial charge in [-0.3, -0.25) is 4.90 Å². The summed E-state index contributed by atoms with van der Waals surface area (Å²) in [7, 11) is -1.30. The van der Waals surface area contributed by atoms with Gasteiger partial charge in [0.2, 0.25) is 0 Å². The predicted octanol–water partition coefficient (Wildman–Crippen LogP) is 4.21. The van der Waals surface area contributed by atoms with Gasteiger partial charge >= 0.3 is 5.97 Å². The number of esters is 1. The lowest BCUT2D eigenvalue weighted by atomic mass is 10.1. The maximum atomic E-state index is 12.5. The van der Waals surface area contributed by atoms with E-state index in [1.54, 1.807) is 19.1 Å². The standard InChI is InChI=1S/C22H25NO5S/c1-5-27-22(24)21-18-8-6-7-9-19(18)28-20(21)14-23(3)15(2)16-10-12-17(13-11-16)29(4,25)26/h6-13,15H,5,14H2,1-4H3. The minimum Gasteiger partial charge on any atom is -0.462 e. The van der Waals surface area contributed by atoms with E-state index in [1.165, 1.54) is 6.26 Å². The quantitative estimate of drug-likeness (QED) is 0.538. The molecule has 3 aromatic rings. The zero-order valence-corrected chi connectivity index (χ0v) is 17.8. The van der Waals surface area contributed by atoms with Gasteiger partial charge in [0.15, 0.2) is 9.84 Å². The molecule has 0 N–H and O–H groups in total. The third-order valence-electron chi connectivity index (χ3n) is 4.99. The molecule has 1 unspecified atom stereocenters. The Bertz CT molecular complexity index is 1120. The molecule has 154 valence electrons. The summed E-state index contributed by atoms with van der Waals surface area (Å²) < 4.78 is 34.5. The van der Waals surface area contributed by atoms with Crippen molar-refractivity contribution in [1.82, 2.24) is 4.90 Å². The predicted molar refractivity (Wildman–Crippen MR) is 112 cm³/mol. The zero-order chi connectivity index (χ0) is 21.2. The summed E-state index contributed by atoms with van der Waals surface area (Å²) in [5, 5.41) is 0.736. The fourth-order valence-corrected chi connectivity index (χ4v) is 3.88. The molecular weight excluding hydrogens is 390 g/mol. The fraction of sp³-hybridized carbons (Fsp3) is 0.318. The molecule has 1 aromatic heterocycles. The average molecular weight is 416 g/mol. The summed E-state index contributed by atoms with van der Waals surface area (Å²) in [6.45, 7) is 4.48. The van der Waals surface area contributed by atoms with Crippen LogP contribution in [0.5, 0.6) is 0 Å². The van der Waals surface area contributed by atoms with Crippen LogP contribution in [-0.4, -0.2) is 39.2 Å². The number of hydrogen-bond acceptors (Lipinski definition) is 6. The van der Waals surface area contributed by atoms with Crippen molar-refractivity contribution < 1.29 is 22.4 Å². The van der Waals surface area contributed by atoms with Crippen molar-refractivity contribution in [3.05, 3.63) is 65.4 Å². The second kappa shape index (κ2) is 8.39. The molecule has 3 rings (SSSR count). The minimum absolute atomic E-state index is 0.0214. The van der Waals surface area contributed by atoms with Gasteiger partial charge in [0.1, 0.15) is 16.9 Å². The van der Waals surface area contributed by atoms with Crippen molar-refractivity contribution in [2.45, 2.75) is 31.3 Å². The highest BCUT2D eigenvalue weighted by Gasteiger charge is 2.24. The molecule has 0 spiro atoms. The molecule has 0 aliphatic heterocycles. The largest absolute Gasteiger partial charge is 0.462 e. The van der Waals surface area contributed by atoms with Gasteiger partial charge in [-0.05, 0) is 44.7 Å². The molecule has 6 nitrogen and oxygen atoms in total. The first-order valence-corrected chi connectivity index (χ1v) is 11.3. The van der Waals surface area contributed by atoms with Gasteiger partial charge in [0.25, 0.3) is 0 Å². The van der Waals surface area contributed by atoms with E-state index in [-0.39, 0.29) is 17.5 Å². The van der Waals surface area contributed by atoms with E-state index in [9.17, 15) is 13.2 Å². The first kappa shape index (κ1) is 21.1. The van der Waals surface area contributed by atoms with Crippen LogP contribution in [0, 0.1) is 0 Å². The summed E-state index contributed by atoms with van der Waals surface area (Å²) in [5.41, 5.74) is 2.06. The Morgan fingerprint density at radius 1 is 1.14 bits per heavy atom. The average Bonchev–Trinajstić information content (AvgIpc) is 3.04. The Kier molecular flexibility index (Phi) is 6.10. The number of nitrogens with zero attached hydrogens (tertiary/aromatic N) is 1. The number of carbonyl (C=O) groups is 1. The van der Waals surface area contributed by atoms with Crippen LogP contribution in [0.25, 0.3) is 11.0 Å². The van der Waals surface area contributed by atoms with Gasteiger partial charge < -0.3 is 9.15 Å². The Labute approximate surface area is 171 Å². The van der Waals surface area contributed by atoms with Crippen LogP contribution in [-0.2, 0) is 21.1 Å². The van der Waals surface area contributed by atoms with E-state index in [0.717, 1.165) is 10.9 Å². The Morgan fingerprint density at radius 2 is 1.79 bits per heavy atom. The maximum absolute atomic E-state index is 12.5. The minimum atomic E-state index is -3.23. The van der Waals surface area contributed by atoms with Gasteiger partial charge in [-0.15, -0.1) is 0 Å². The number of rotatable bonds is 7. The Balaban J connectivity index is 1.88. The number of sulfone groups is 1. The summed E-state index contributed by atoms with van der Waals surface area (Å²) in [6.07, 6.45) is 1.19. The van der Waals surface area contributed by atoms with Crippen molar-refractivity contribution in [2.75, 3.05) is 19.9 Å². The Hall–Kier alpha value is -2.64. The zero-order valence-electron chi connectivity index (χ0n) is 17.0. The van der Waals surface area contributed by atoms with E-state index in [2.05, 4.69) is 0 Å². The molecule has 1 heterocycles. The van der Waals surface area contributed by atoms with Crippen molar-refractivity contribution in [1.29, 1.82) is 0 Å². The van der Waals surface area contributed by atoms with Crippen molar-refractivity contribution in [2.24, 2.45) is 0 Å². The smallest absolute Gasteiger partial charge is 0.342 e. The molecule has 0 radical (unpaired) electrons. The van der Waals surface area contributed by atoms with E-state index < -0.39 is 15.8 Å². The van der Waals surface area contributed by atoms with Crippen LogP contribution >= 0.6 is 0 Å². The van der Waals surface area contributed by atoms with Crippen molar-refractivity contribution >= 4 is 26.8 Å². The fourth-order valence-electron chi connectivity index (χ4n) is 3.25. The topological polar surface area (TPSA) is 76.8 Å². The van der Waals surface area contributed by atoms with Gasteiger partial charge in [0.05, 0.1) is 18.0 Å². The molecule has 0 aliphatic carbocycles. The van der Waals surface area contributed by atoms with Crippen molar-refractivity contribution in [3.8, 4) is 0 Å². The number of benzene rings is 2. The first-order chi connectivity index (χ1) is 13.7. The highest BCUT2D eigenvalue weighted by Crippen LogP contribution is 2.30. The normalized spacial score (nSPS) is 13.0. The molecule has 0 fully saturated rings. The highest BCUT2D eigenvalue weighted by atomic mass is 32.2. The van der Waals surface area contributed by atoms with Crippen LogP contribution < -0.4 is 0 Å². The van der Waals surface area contributed by atoms with Gasteiger partial charge in [-0.1, -0.05) is 30.3 Å². The lowest BCUT2D eigenvalue weighted by Crippen LogP contribution is -2.23. The van der Waals surface area contributed by atoms with Crippen LogP contribution in [0.4, 0.5) is 0 Å². The molecule has 29 heavy (non-hydrogen) atoms. The van der Waals surface area contributed by atoms with Crippen LogP contribution in [0.2, 0.25) is 0 Å². The molecule has 1 atom stereocenters. The van der Waals surface area contributed by atoms with Crippen molar-refractivity contribution in [3.63, 3.8) is 0 Å². The van der Waals surface area contributed by atoms with E-state index >= 15 is 0 Å². The van der Waals surface area contributed by atoms with E-state index in [4.69, 9.17) is 9.15 Å². The van der Waals surface area contributed by atoms with Crippen LogP contribution in [0.15, 0.2) is 57.8 Å². The molecule has 7 heteroatoms. The number of hydrogen-bond donors (Lipinski definition) is 0. The van der Waals surface area contributed by atoms with Crippen LogP contribution in [0.1, 0.15) is 41.6 Å². The summed E-state index contributed by atoms with van der Waals surface area (Å²) in [5.74, 6) is 0.151. The number of para-hydroxylation sites is 1. The third-order valence-corrected chi connectivity index (χ3v) is 6.12. The van der Waals surface area contributed by atoms with Gasteiger partial charge in [0, 0.05) is 17.7 Å². The molecule has 0 aliphatic rings. The van der Waals surface area contributed by atoms with Gasteiger partial charge in [-0.25, -0.2) is 13.2 Å². The molecule has 0 saturated carbocycles. The maximum Gasteiger partial charge on any atom is 0.342 e. The monoisotopic (exact) mass is 415 g/mol. The summed E-state index contributed by atoms with van der Waals surface area (Å²) >= 11 is 0. The first-order valence-electron chi connectivity index (χ1n) is 9.40. The molecule has 0 amide bonds. The number of carbonyl (C=O) groups excluding carboxylic acids is 1. The number of fused-ring (bicyclic) bond motifs is 1. The number of furan rings is 1. The second-order valence-corrected chi connectivity index (χ2v) is 9.06. The number of ether oxygens (including phenoxy) is 1. The molecular formula is C22H25NO5S. The van der Waals surface area contributed by atoms with E-state index in [1.807, 2.05) is 55.3 Å². The van der Waals surface area contributed by atoms with E-state index in [0.29, 0.717) is 23.5 Å². The SMILES string of the molecule is CCOC(=O)c1c(CN(C)C(C)c2ccc(S(C)(=O)=O)cc2)oc2ccccc12. The summed E-state index contributed by atoms with van der Waals surface area (Å²) in [6, 6.07) is 14.2. The molecule has 0 bridgehead atoms.